The molecule has 1 N–H and O–H groups in total. The summed E-state index contributed by atoms with van der Waals surface area (Å²) in [6, 6.07) is 9.16. The Balaban J connectivity index is 1.15. The van der Waals surface area contributed by atoms with E-state index in [9.17, 15) is 22.8 Å². The predicted octanol–water partition coefficient (Wildman–Crippen LogP) is 4.85. The molecule has 1 aromatic heterocycles. The minimum Gasteiger partial charge on any atom is -0.489 e. The van der Waals surface area contributed by atoms with Crippen molar-refractivity contribution in [2.24, 2.45) is 5.92 Å². The van der Waals surface area contributed by atoms with Gasteiger partial charge in [-0.2, -0.15) is 0 Å². The molecule has 35 heavy (non-hydrogen) atoms. The van der Waals surface area contributed by atoms with Crippen LogP contribution in [-0.2, 0) is 22.4 Å². The van der Waals surface area contributed by atoms with Crippen molar-refractivity contribution in [2.75, 3.05) is 5.32 Å². The largest absolute Gasteiger partial charge is 0.489 e. The molecule has 178 valence electrons. The quantitative estimate of drug-likeness (QED) is 0.511. The van der Waals surface area contributed by atoms with E-state index in [-0.39, 0.29) is 48.0 Å². The van der Waals surface area contributed by atoms with E-state index in [1.807, 2.05) is 12.1 Å². The molecule has 0 radical (unpaired) electrons. The lowest BCUT2D eigenvalue weighted by atomic mass is 10.0. The topological polar surface area (TPSA) is 77.5 Å². The van der Waals surface area contributed by atoms with E-state index in [2.05, 4.69) is 10.3 Å². The number of hydrogen-bond donors (Lipinski definition) is 1. The number of hydrogen-bond acceptors (Lipinski definition) is 5. The van der Waals surface area contributed by atoms with E-state index in [0.717, 1.165) is 29.0 Å². The molecule has 9 heteroatoms. The SMILES string of the molecule is O=C(Cc1ccc(F)c(F)c1F)CC1[C@H]2Oc3ccc(Oc4ccnc5c4CCC(=O)N5)cc3[C@@H]12. The number of benzene rings is 2. The first kappa shape index (κ1) is 21.6. The molecule has 0 saturated heterocycles. The van der Waals surface area contributed by atoms with E-state index in [4.69, 9.17) is 9.47 Å². The van der Waals surface area contributed by atoms with Crippen LogP contribution in [0.25, 0.3) is 0 Å². The number of aromatic nitrogens is 1. The lowest BCUT2D eigenvalue weighted by Gasteiger charge is -2.19. The Hall–Kier alpha value is -3.88. The first-order valence-electron chi connectivity index (χ1n) is 11.3. The number of anilines is 1. The van der Waals surface area contributed by atoms with Crippen LogP contribution in [0.4, 0.5) is 19.0 Å². The lowest BCUT2D eigenvalue weighted by Crippen LogP contribution is -2.20. The summed E-state index contributed by atoms with van der Waals surface area (Å²) in [7, 11) is 0. The monoisotopic (exact) mass is 480 g/mol. The highest BCUT2D eigenvalue weighted by Crippen LogP contribution is 2.60. The van der Waals surface area contributed by atoms with Crippen LogP contribution in [0.15, 0.2) is 42.6 Å². The van der Waals surface area contributed by atoms with Crippen LogP contribution in [0.1, 0.15) is 35.4 Å². The fraction of sp³-hybridized carbons (Fsp3) is 0.269. The Morgan fingerprint density at radius 3 is 2.83 bits per heavy atom. The van der Waals surface area contributed by atoms with E-state index >= 15 is 0 Å². The van der Waals surface area contributed by atoms with Crippen LogP contribution in [0.5, 0.6) is 17.2 Å². The number of pyridine rings is 1. The van der Waals surface area contributed by atoms with Crippen LogP contribution < -0.4 is 14.8 Å². The first-order valence-corrected chi connectivity index (χ1v) is 11.3. The molecule has 0 bridgehead atoms. The third-order valence-corrected chi connectivity index (χ3v) is 6.77. The van der Waals surface area contributed by atoms with Crippen molar-refractivity contribution < 1.29 is 32.2 Å². The summed E-state index contributed by atoms with van der Waals surface area (Å²) in [5.41, 5.74) is 1.61. The van der Waals surface area contributed by atoms with Crippen molar-refractivity contribution in [1.82, 2.24) is 4.98 Å². The molecular weight excluding hydrogens is 461 g/mol. The van der Waals surface area contributed by atoms with Gasteiger partial charge in [-0.15, -0.1) is 0 Å². The van der Waals surface area contributed by atoms with Gasteiger partial charge < -0.3 is 14.8 Å². The van der Waals surface area contributed by atoms with Gasteiger partial charge in [0.15, 0.2) is 17.5 Å². The Kier molecular flexibility index (Phi) is 5.01. The molecule has 3 atom stereocenters. The Morgan fingerprint density at radius 2 is 1.97 bits per heavy atom. The van der Waals surface area contributed by atoms with Crippen LogP contribution in [0, 0.1) is 23.4 Å². The van der Waals surface area contributed by atoms with Crippen molar-refractivity contribution >= 4 is 17.5 Å². The molecule has 0 spiro atoms. The van der Waals surface area contributed by atoms with Crippen molar-refractivity contribution in [3.8, 4) is 17.2 Å². The number of halogens is 3. The normalized spacial score (nSPS) is 21.3. The maximum atomic E-state index is 13.9. The third-order valence-electron chi connectivity index (χ3n) is 6.77. The van der Waals surface area contributed by atoms with Gasteiger partial charge in [-0.1, -0.05) is 6.07 Å². The van der Waals surface area contributed by atoms with E-state index in [1.165, 1.54) is 0 Å². The number of ketones is 1. The zero-order valence-corrected chi connectivity index (χ0v) is 18.3. The number of Topliss-reactive ketones (excluding diaryl/α,β-unsaturated/α-hetero) is 1. The molecule has 2 aliphatic heterocycles. The minimum absolute atomic E-state index is 0.0120. The molecular formula is C26H19F3N2O4. The standard InChI is InChI=1S/C26H19F3N2O4/c27-18-4-1-12(23(28)24(18)29)9-13(32)10-17-22-16-11-14(2-5-19(16)35-25(17)22)34-20-7-8-30-26-15(20)3-6-21(33)31-26/h1-2,4-5,7-8,11,17,22,25H,3,6,9-10H2,(H,30,31,33)/t17?,22-,25+/m0/s1. The van der Waals surface area contributed by atoms with Gasteiger partial charge in [0.05, 0.1) is 0 Å². The smallest absolute Gasteiger partial charge is 0.225 e. The Bertz CT molecular complexity index is 1390. The highest BCUT2D eigenvalue weighted by Gasteiger charge is 2.59. The number of carbonyl (C=O) groups excluding carboxylic acids is 2. The third kappa shape index (κ3) is 3.80. The van der Waals surface area contributed by atoms with Gasteiger partial charge in [-0.05, 0) is 42.3 Å². The summed E-state index contributed by atoms with van der Waals surface area (Å²) in [6.07, 6.45) is 2.16. The van der Waals surface area contributed by atoms with Crippen molar-refractivity contribution in [3.05, 3.63) is 76.7 Å². The zero-order chi connectivity index (χ0) is 24.3. The summed E-state index contributed by atoms with van der Waals surface area (Å²) in [5, 5.41) is 2.75. The molecule has 2 aromatic carbocycles. The zero-order valence-electron chi connectivity index (χ0n) is 18.3. The van der Waals surface area contributed by atoms with Gasteiger partial charge >= 0.3 is 0 Å². The maximum Gasteiger partial charge on any atom is 0.225 e. The molecule has 3 aromatic rings. The number of rotatable bonds is 6. The van der Waals surface area contributed by atoms with E-state index < -0.39 is 17.5 Å². The van der Waals surface area contributed by atoms with Gasteiger partial charge in [0.25, 0.3) is 0 Å². The Morgan fingerprint density at radius 1 is 1.11 bits per heavy atom. The summed E-state index contributed by atoms with van der Waals surface area (Å²) in [4.78, 5) is 28.4. The second-order valence-electron chi connectivity index (χ2n) is 9.01. The number of fused-ring (bicyclic) bond motifs is 4. The van der Waals surface area contributed by atoms with Gasteiger partial charge in [0.1, 0.15) is 35.0 Å². The van der Waals surface area contributed by atoms with Gasteiger partial charge in [0.2, 0.25) is 5.91 Å². The van der Waals surface area contributed by atoms with Crippen LogP contribution in [-0.4, -0.2) is 22.8 Å². The lowest BCUT2D eigenvalue weighted by molar-refractivity contribution is -0.119. The number of nitrogens with zero attached hydrogens (tertiary/aromatic N) is 1. The summed E-state index contributed by atoms with van der Waals surface area (Å²) in [5.74, 6) is -2.14. The number of nitrogens with one attached hydrogen (secondary N) is 1. The van der Waals surface area contributed by atoms with Gasteiger partial charge in [-0.25, -0.2) is 18.2 Å². The predicted molar refractivity (Wildman–Crippen MR) is 118 cm³/mol. The molecule has 1 fully saturated rings. The fourth-order valence-electron chi connectivity index (χ4n) is 4.99. The molecule has 6 rings (SSSR count). The first-order chi connectivity index (χ1) is 16.9. The van der Waals surface area contributed by atoms with Crippen LogP contribution in [0.3, 0.4) is 0 Å². The molecule has 1 unspecified atom stereocenters. The average molecular weight is 480 g/mol. The summed E-state index contributed by atoms with van der Waals surface area (Å²) >= 11 is 0. The molecule has 3 heterocycles. The van der Waals surface area contributed by atoms with Crippen LogP contribution in [0.2, 0.25) is 0 Å². The molecule has 1 amide bonds. The van der Waals surface area contributed by atoms with Crippen molar-refractivity contribution in [3.63, 3.8) is 0 Å². The number of amides is 1. The second kappa shape index (κ2) is 8.11. The van der Waals surface area contributed by atoms with Gasteiger partial charge in [-0.3, -0.25) is 9.59 Å². The number of carbonyl (C=O) groups is 2. The highest BCUT2D eigenvalue weighted by atomic mass is 19.2. The van der Waals surface area contributed by atoms with E-state index in [1.54, 1.807) is 18.3 Å². The van der Waals surface area contributed by atoms with E-state index in [0.29, 0.717) is 30.2 Å². The molecule has 1 aliphatic carbocycles. The minimum atomic E-state index is -1.57. The molecule has 3 aliphatic rings. The highest BCUT2D eigenvalue weighted by molar-refractivity contribution is 5.93. The maximum absolute atomic E-state index is 13.9. The number of ether oxygens (including phenoxy) is 2. The van der Waals surface area contributed by atoms with Crippen molar-refractivity contribution in [2.45, 2.75) is 37.7 Å². The molecule has 6 nitrogen and oxygen atoms in total. The van der Waals surface area contributed by atoms with Crippen molar-refractivity contribution in [1.29, 1.82) is 0 Å². The summed E-state index contributed by atoms with van der Waals surface area (Å²) < 4.78 is 52.6. The average Bonchev–Trinajstić information content (AvgIpc) is 3.35. The Labute approximate surface area is 198 Å². The van der Waals surface area contributed by atoms with Crippen LogP contribution >= 0.6 is 0 Å². The molecule has 1 saturated carbocycles. The van der Waals surface area contributed by atoms with Gasteiger partial charge in [0, 0.05) is 48.4 Å². The summed E-state index contributed by atoms with van der Waals surface area (Å²) in [6.45, 7) is 0. The second-order valence-corrected chi connectivity index (χ2v) is 9.01. The fourth-order valence-corrected chi connectivity index (χ4v) is 4.99.